The Kier molecular flexibility index (Phi) is 5.42. The van der Waals surface area contributed by atoms with Gasteiger partial charge in [-0.15, -0.1) is 0 Å². The minimum atomic E-state index is -4.49. The number of hydrogen-bond donors (Lipinski definition) is 0. The van der Waals surface area contributed by atoms with Crippen LogP contribution in [0.3, 0.4) is 0 Å². The Morgan fingerprint density at radius 2 is 1.05 bits per heavy atom. The fourth-order valence-electron chi connectivity index (χ4n) is 4.94. The van der Waals surface area contributed by atoms with Crippen LogP contribution in [0, 0.1) is 23.3 Å². The number of hydrogen-bond acceptors (Lipinski definition) is 0. The molecule has 7 heteroatoms. The molecule has 0 aliphatic rings. The fraction of sp³-hybridized carbons (Fsp3) is 0.0323. The van der Waals surface area contributed by atoms with Gasteiger partial charge in [-0.2, -0.15) is 13.2 Å². The van der Waals surface area contributed by atoms with Crippen LogP contribution < -0.4 is 0 Å². The van der Waals surface area contributed by atoms with E-state index in [0.29, 0.717) is 54.6 Å². The van der Waals surface area contributed by atoms with Gasteiger partial charge in [-0.25, -0.2) is 17.6 Å². The zero-order valence-corrected chi connectivity index (χ0v) is 19.3. The maximum Gasteiger partial charge on any atom is 0.416 e. The molecule has 0 saturated carbocycles. The third-order valence-corrected chi connectivity index (χ3v) is 6.73. The van der Waals surface area contributed by atoms with Gasteiger partial charge >= 0.3 is 6.18 Å². The molecule has 0 bridgehead atoms. The van der Waals surface area contributed by atoms with E-state index in [1.54, 1.807) is 42.5 Å². The van der Waals surface area contributed by atoms with Crippen LogP contribution in [0.2, 0.25) is 0 Å². The molecule has 0 aliphatic heterocycles. The fourth-order valence-corrected chi connectivity index (χ4v) is 4.94. The number of benzene rings is 6. The van der Waals surface area contributed by atoms with Gasteiger partial charge < -0.3 is 0 Å². The first-order valence-electron chi connectivity index (χ1n) is 11.5. The van der Waals surface area contributed by atoms with Gasteiger partial charge in [-0.3, -0.25) is 0 Å². The Morgan fingerprint density at radius 1 is 0.447 bits per heavy atom. The average Bonchev–Trinajstić information content (AvgIpc) is 2.88. The molecule has 0 aromatic heterocycles. The summed E-state index contributed by atoms with van der Waals surface area (Å²) < 4.78 is 95.8. The van der Waals surface area contributed by atoms with Crippen LogP contribution in [0.5, 0.6) is 0 Å². The molecule has 6 aromatic rings. The molecule has 0 N–H and O–H groups in total. The van der Waals surface area contributed by atoms with Crippen molar-refractivity contribution in [1.29, 1.82) is 0 Å². The highest BCUT2D eigenvalue weighted by molar-refractivity contribution is 6.16. The molecule has 0 atom stereocenters. The first kappa shape index (κ1) is 24.0. The van der Waals surface area contributed by atoms with Gasteiger partial charge in [-0.1, -0.05) is 42.5 Å². The van der Waals surface area contributed by atoms with E-state index in [0.717, 1.165) is 36.4 Å². The molecular formula is C31H15F7. The minimum absolute atomic E-state index is 0.371. The monoisotopic (exact) mass is 520 g/mol. The molecule has 0 spiro atoms. The molecule has 188 valence electrons. The molecule has 0 nitrogen and oxygen atoms in total. The number of rotatable bonds is 2. The lowest BCUT2D eigenvalue weighted by Crippen LogP contribution is -2.04. The summed E-state index contributed by atoms with van der Waals surface area (Å²) in [5, 5.41) is 2.86. The summed E-state index contributed by atoms with van der Waals surface area (Å²) in [6, 6.07) is 20.8. The second-order valence-electron chi connectivity index (χ2n) is 9.04. The predicted octanol–water partition coefficient (Wildman–Crippen LogP) is 10.1. The van der Waals surface area contributed by atoms with E-state index in [1.165, 1.54) is 12.1 Å². The molecule has 0 fully saturated rings. The number of alkyl halides is 3. The highest BCUT2D eigenvalue weighted by atomic mass is 19.4. The molecular weight excluding hydrogens is 505 g/mol. The predicted molar refractivity (Wildman–Crippen MR) is 135 cm³/mol. The molecule has 38 heavy (non-hydrogen) atoms. The van der Waals surface area contributed by atoms with Gasteiger partial charge in [0.05, 0.1) is 5.56 Å². The van der Waals surface area contributed by atoms with Crippen LogP contribution in [-0.4, -0.2) is 0 Å². The van der Waals surface area contributed by atoms with Gasteiger partial charge in [0.2, 0.25) is 0 Å². The van der Waals surface area contributed by atoms with E-state index < -0.39 is 35.0 Å². The summed E-state index contributed by atoms with van der Waals surface area (Å²) in [5.74, 6) is -4.11. The lowest BCUT2D eigenvalue weighted by atomic mass is 9.88. The van der Waals surface area contributed by atoms with Gasteiger partial charge in [0.25, 0.3) is 0 Å². The summed E-state index contributed by atoms with van der Waals surface area (Å²) in [5.41, 5.74) is 1.39. The second-order valence-corrected chi connectivity index (χ2v) is 9.04. The van der Waals surface area contributed by atoms with E-state index in [-0.39, 0.29) is 0 Å². The number of fused-ring (bicyclic) bond motifs is 3. The van der Waals surface area contributed by atoms with Crippen molar-refractivity contribution in [3.63, 3.8) is 0 Å². The standard InChI is InChI=1S/C31H15F7/c32-26-12-17-4-5-18(10-19(17)13-27(26)33)30-23-3-1-2-22(16-6-8-21(9-7-16)31(36,37)38)25(23)11-20-14-28(34)29(35)15-24(20)30/h1-15H. The zero-order valence-electron chi connectivity index (χ0n) is 19.3. The van der Waals surface area contributed by atoms with Crippen molar-refractivity contribution >= 4 is 32.3 Å². The highest BCUT2D eigenvalue weighted by Gasteiger charge is 2.30. The third-order valence-electron chi connectivity index (χ3n) is 6.73. The van der Waals surface area contributed by atoms with E-state index in [9.17, 15) is 30.7 Å². The molecule has 0 heterocycles. The summed E-state index contributed by atoms with van der Waals surface area (Å²) in [7, 11) is 0. The average molecular weight is 520 g/mol. The van der Waals surface area contributed by atoms with Crippen LogP contribution in [0.1, 0.15) is 5.56 Å². The van der Waals surface area contributed by atoms with Gasteiger partial charge in [0.1, 0.15) is 0 Å². The van der Waals surface area contributed by atoms with Crippen LogP contribution >= 0.6 is 0 Å². The zero-order chi connectivity index (χ0) is 26.8. The molecule has 6 aromatic carbocycles. The summed E-state index contributed by atoms with van der Waals surface area (Å²) in [6.07, 6.45) is -4.49. The highest BCUT2D eigenvalue weighted by Crippen LogP contribution is 2.42. The first-order valence-corrected chi connectivity index (χ1v) is 11.5. The van der Waals surface area contributed by atoms with Gasteiger partial charge in [0, 0.05) is 0 Å². The SMILES string of the molecule is Fc1cc2ccc(-c3c4cc(F)c(F)cc4cc4c(-c5ccc(C(F)(F)F)cc5)cccc34)cc2cc1F. The van der Waals surface area contributed by atoms with Crippen molar-refractivity contribution in [1.82, 2.24) is 0 Å². The van der Waals surface area contributed by atoms with Crippen molar-refractivity contribution in [2.75, 3.05) is 0 Å². The first-order chi connectivity index (χ1) is 18.1. The summed E-state index contributed by atoms with van der Waals surface area (Å²) in [4.78, 5) is 0. The summed E-state index contributed by atoms with van der Waals surface area (Å²) in [6.45, 7) is 0. The molecule has 0 unspecified atom stereocenters. The lowest BCUT2D eigenvalue weighted by Gasteiger charge is -2.16. The molecule has 0 aliphatic carbocycles. The van der Waals surface area contributed by atoms with Crippen molar-refractivity contribution < 1.29 is 30.7 Å². The maximum absolute atomic E-state index is 14.4. The van der Waals surface area contributed by atoms with Crippen LogP contribution in [0.15, 0.2) is 91.0 Å². The van der Waals surface area contributed by atoms with Crippen LogP contribution in [-0.2, 0) is 6.18 Å². The van der Waals surface area contributed by atoms with Crippen molar-refractivity contribution in [3.8, 4) is 22.3 Å². The van der Waals surface area contributed by atoms with Crippen LogP contribution in [0.4, 0.5) is 30.7 Å². The Hall–Kier alpha value is -4.39. The largest absolute Gasteiger partial charge is 0.416 e. The molecule has 0 radical (unpaired) electrons. The Bertz CT molecular complexity index is 1880. The quantitative estimate of drug-likeness (QED) is 0.157. The van der Waals surface area contributed by atoms with E-state index >= 15 is 0 Å². The topological polar surface area (TPSA) is 0 Å². The Morgan fingerprint density at radius 3 is 1.74 bits per heavy atom. The number of halogens is 7. The van der Waals surface area contributed by atoms with E-state index in [2.05, 4.69) is 0 Å². The van der Waals surface area contributed by atoms with Crippen molar-refractivity contribution in [3.05, 3.63) is 120 Å². The Labute approximate surface area is 211 Å². The lowest BCUT2D eigenvalue weighted by molar-refractivity contribution is -0.137. The molecule has 6 rings (SSSR count). The minimum Gasteiger partial charge on any atom is -0.204 e. The normalized spacial score (nSPS) is 12.1. The molecule has 0 saturated heterocycles. The van der Waals surface area contributed by atoms with Gasteiger partial charge in [0.15, 0.2) is 23.3 Å². The Balaban J connectivity index is 1.67. The van der Waals surface area contributed by atoms with Gasteiger partial charge in [-0.05, 0) is 103 Å². The maximum atomic E-state index is 14.4. The summed E-state index contributed by atoms with van der Waals surface area (Å²) >= 11 is 0. The van der Waals surface area contributed by atoms with Crippen molar-refractivity contribution in [2.24, 2.45) is 0 Å². The van der Waals surface area contributed by atoms with Crippen molar-refractivity contribution in [2.45, 2.75) is 6.18 Å². The second kappa shape index (κ2) is 8.58. The van der Waals surface area contributed by atoms with Crippen LogP contribution in [0.25, 0.3) is 54.6 Å². The third kappa shape index (κ3) is 3.95. The smallest absolute Gasteiger partial charge is 0.204 e. The molecule has 0 amide bonds. The van der Waals surface area contributed by atoms with E-state index in [4.69, 9.17) is 0 Å². The van der Waals surface area contributed by atoms with E-state index in [1.807, 2.05) is 0 Å².